The third-order valence-corrected chi connectivity index (χ3v) is 1.74. The number of para-hydroxylation sites is 1. The van der Waals surface area contributed by atoms with E-state index in [0.717, 1.165) is 11.2 Å². The van der Waals surface area contributed by atoms with E-state index < -0.39 is 0 Å². The van der Waals surface area contributed by atoms with Crippen LogP contribution >= 0.6 is 9.90 Å². The Labute approximate surface area is 75.4 Å². The molecule has 1 unspecified atom stereocenters. The van der Waals surface area contributed by atoms with Gasteiger partial charge in [-0.25, -0.2) is 0 Å². The van der Waals surface area contributed by atoms with Crippen molar-refractivity contribution in [1.29, 1.82) is 0 Å². The molecule has 2 rings (SSSR count). The predicted molar refractivity (Wildman–Crippen MR) is 57.6 cm³/mol. The van der Waals surface area contributed by atoms with Gasteiger partial charge in [-0.1, -0.05) is 24.3 Å². The third-order valence-electron chi connectivity index (χ3n) is 1.74. The number of hydrogen-bond acceptors (Lipinski definition) is 1. The molecule has 0 bridgehead atoms. The van der Waals surface area contributed by atoms with Crippen molar-refractivity contribution < 1.29 is 0 Å². The molecule has 0 amide bonds. The monoisotopic (exact) mass is 177 g/mol. The summed E-state index contributed by atoms with van der Waals surface area (Å²) in [7, 11) is 0. The smallest absolute Gasteiger partial charge is 0.0705 e. The summed E-state index contributed by atoms with van der Waals surface area (Å²) >= 11 is 0. The van der Waals surface area contributed by atoms with E-state index in [1.165, 1.54) is 5.39 Å². The fraction of sp³-hybridized carbons (Fsp3) is 0.100. The van der Waals surface area contributed by atoms with Crippen LogP contribution in [0, 0.1) is 6.92 Å². The minimum Gasteiger partial charge on any atom is -0.253 e. The average Bonchev–Trinajstić information content (AvgIpc) is 2.04. The molecule has 0 N–H and O–H groups in total. The van der Waals surface area contributed by atoms with Crippen LogP contribution in [0.3, 0.4) is 0 Å². The molecule has 0 saturated carbocycles. The second-order valence-corrected chi connectivity index (χ2v) is 2.65. The van der Waals surface area contributed by atoms with E-state index in [0.29, 0.717) is 0 Å². The van der Waals surface area contributed by atoms with Crippen molar-refractivity contribution in [2.75, 3.05) is 0 Å². The number of pyridine rings is 1. The maximum Gasteiger partial charge on any atom is 0.0705 e. The van der Waals surface area contributed by atoms with Crippen molar-refractivity contribution in [2.45, 2.75) is 6.92 Å². The van der Waals surface area contributed by atoms with Crippen molar-refractivity contribution in [3.63, 3.8) is 0 Å². The zero-order valence-electron chi connectivity index (χ0n) is 7.12. The van der Waals surface area contributed by atoms with Gasteiger partial charge in [0.1, 0.15) is 0 Å². The molecule has 1 aromatic carbocycles. The lowest BCUT2D eigenvalue weighted by atomic mass is 10.2. The first-order valence-electron chi connectivity index (χ1n) is 3.69. The minimum atomic E-state index is 0. The highest BCUT2D eigenvalue weighted by Gasteiger charge is 1.90. The van der Waals surface area contributed by atoms with Crippen molar-refractivity contribution >= 4 is 20.8 Å². The van der Waals surface area contributed by atoms with Gasteiger partial charge in [0.15, 0.2) is 0 Å². The topological polar surface area (TPSA) is 12.9 Å². The van der Waals surface area contributed by atoms with Gasteiger partial charge in [0.05, 0.1) is 5.52 Å². The Balaban J connectivity index is 0.000000720. The van der Waals surface area contributed by atoms with E-state index in [2.05, 4.69) is 17.1 Å². The summed E-state index contributed by atoms with van der Waals surface area (Å²) in [4.78, 5) is 4.38. The van der Waals surface area contributed by atoms with Gasteiger partial charge in [0.2, 0.25) is 0 Å². The summed E-state index contributed by atoms with van der Waals surface area (Å²) in [5, 5.41) is 1.21. The van der Waals surface area contributed by atoms with E-state index in [9.17, 15) is 0 Å². The number of benzene rings is 1. The zero-order chi connectivity index (χ0) is 7.68. The molecule has 0 aliphatic carbocycles. The highest BCUT2D eigenvalue weighted by Crippen LogP contribution is 2.10. The lowest BCUT2D eigenvalue weighted by Gasteiger charge is -1.95. The van der Waals surface area contributed by atoms with Crippen LogP contribution in [0.1, 0.15) is 5.69 Å². The van der Waals surface area contributed by atoms with Crippen LogP contribution in [0.25, 0.3) is 10.9 Å². The number of hydrogen-bond donors (Lipinski definition) is 0. The quantitative estimate of drug-likeness (QED) is 0.563. The first-order valence-corrected chi connectivity index (χ1v) is 3.69. The molecule has 0 radical (unpaired) electrons. The number of rotatable bonds is 0. The van der Waals surface area contributed by atoms with Crippen LogP contribution in [0.2, 0.25) is 0 Å². The molecule has 0 spiro atoms. The average molecular weight is 177 g/mol. The summed E-state index contributed by atoms with van der Waals surface area (Å²) in [6.45, 7) is 2.01. The molecule has 62 valence electrons. The molecule has 1 nitrogen and oxygen atoms in total. The van der Waals surface area contributed by atoms with E-state index in [-0.39, 0.29) is 9.90 Å². The molecule has 1 atom stereocenters. The van der Waals surface area contributed by atoms with Gasteiger partial charge in [-0.15, -0.1) is 0 Å². The largest absolute Gasteiger partial charge is 0.253 e. The summed E-state index contributed by atoms with van der Waals surface area (Å²) in [5.41, 5.74) is 2.15. The Bertz CT molecular complexity index is 384. The standard InChI is InChI=1S/C10H9N.H3P/c1-8-6-7-9-4-2-3-5-10(9)11-8;/h2-7H,1H3;1H3. The molecule has 0 saturated heterocycles. The van der Waals surface area contributed by atoms with E-state index in [1.54, 1.807) is 0 Å². The highest BCUT2D eigenvalue weighted by atomic mass is 31.0. The summed E-state index contributed by atoms with van der Waals surface area (Å²) in [5.74, 6) is 0. The van der Waals surface area contributed by atoms with Crippen molar-refractivity contribution in [1.82, 2.24) is 4.98 Å². The van der Waals surface area contributed by atoms with Crippen molar-refractivity contribution in [2.24, 2.45) is 0 Å². The normalized spacial score (nSPS) is 9.42. The highest BCUT2D eigenvalue weighted by molar-refractivity contribution is 6.92. The molecule has 0 fully saturated rings. The maximum absolute atomic E-state index is 4.38. The summed E-state index contributed by atoms with van der Waals surface area (Å²) in [6.07, 6.45) is 0. The number of aromatic nitrogens is 1. The Morgan fingerprint density at radius 3 is 2.58 bits per heavy atom. The van der Waals surface area contributed by atoms with Gasteiger partial charge in [-0.05, 0) is 19.1 Å². The zero-order valence-corrected chi connectivity index (χ0v) is 8.53. The van der Waals surface area contributed by atoms with Crippen LogP contribution in [0.5, 0.6) is 0 Å². The van der Waals surface area contributed by atoms with E-state index in [1.807, 2.05) is 31.2 Å². The lowest BCUT2D eigenvalue weighted by Crippen LogP contribution is -1.80. The Kier molecular flexibility index (Phi) is 2.78. The van der Waals surface area contributed by atoms with E-state index in [4.69, 9.17) is 0 Å². The van der Waals surface area contributed by atoms with Gasteiger partial charge >= 0.3 is 0 Å². The molecule has 1 aromatic heterocycles. The van der Waals surface area contributed by atoms with Crippen LogP contribution in [0.15, 0.2) is 36.4 Å². The second-order valence-electron chi connectivity index (χ2n) is 2.65. The molecule has 12 heavy (non-hydrogen) atoms. The number of nitrogens with zero attached hydrogens (tertiary/aromatic N) is 1. The fourth-order valence-electron chi connectivity index (χ4n) is 1.17. The summed E-state index contributed by atoms with van der Waals surface area (Å²) < 4.78 is 0. The Hall–Kier alpha value is -0.940. The Morgan fingerprint density at radius 2 is 1.75 bits per heavy atom. The van der Waals surface area contributed by atoms with Crippen molar-refractivity contribution in [3.05, 3.63) is 42.1 Å². The maximum atomic E-state index is 4.38. The lowest BCUT2D eigenvalue weighted by molar-refractivity contribution is 1.26. The molecular formula is C10H12NP. The predicted octanol–water partition coefficient (Wildman–Crippen LogP) is 2.60. The second kappa shape index (κ2) is 3.64. The van der Waals surface area contributed by atoms with Gasteiger partial charge in [0.25, 0.3) is 0 Å². The Morgan fingerprint density at radius 1 is 1.00 bits per heavy atom. The van der Waals surface area contributed by atoms with Crippen LogP contribution in [-0.2, 0) is 0 Å². The molecule has 1 heterocycles. The van der Waals surface area contributed by atoms with Crippen LogP contribution in [-0.4, -0.2) is 4.98 Å². The molecule has 2 heteroatoms. The minimum absolute atomic E-state index is 0. The summed E-state index contributed by atoms with van der Waals surface area (Å²) in [6, 6.07) is 12.3. The van der Waals surface area contributed by atoms with E-state index >= 15 is 0 Å². The number of aryl methyl sites for hydroxylation is 1. The van der Waals surface area contributed by atoms with Gasteiger partial charge < -0.3 is 0 Å². The first-order chi connectivity index (χ1) is 5.36. The third kappa shape index (κ3) is 1.62. The van der Waals surface area contributed by atoms with Crippen LogP contribution in [0.4, 0.5) is 0 Å². The molecule has 2 aromatic rings. The number of fused-ring (bicyclic) bond motifs is 1. The van der Waals surface area contributed by atoms with Gasteiger partial charge in [-0.3, -0.25) is 4.98 Å². The first kappa shape index (κ1) is 9.15. The molecular weight excluding hydrogens is 165 g/mol. The van der Waals surface area contributed by atoms with Crippen molar-refractivity contribution in [3.8, 4) is 0 Å². The van der Waals surface area contributed by atoms with Gasteiger partial charge in [-0.2, -0.15) is 9.90 Å². The SMILES string of the molecule is Cc1ccc2ccccc2n1.P. The molecule has 0 aliphatic heterocycles. The fourth-order valence-corrected chi connectivity index (χ4v) is 1.17. The molecule has 0 aliphatic rings. The van der Waals surface area contributed by atoms with Crippen LogP contribution < -0.4 is 0 Å². The van der Waals surface area contributed by atoms with Gasteiger partial charge in [0, 0.05) is 11.1 Å².